The van der Waals surface area contributed by atoms with Crippen LogP contribution in [0, 0.1) is 5.41 Å². The Kier molecular flexibility index (Phi) is 5.26. The molecule has 14 heavy (non-hydrogen) atoms. The van der Waals surface area contributed by atoms with Gasteiger partial charge in [-0.25, -0.2) is 0 Å². The van der Waals surface area contributed by atoms with Crippen molar-refractivity contribution in [3.05, 3.63) is 20.8 Å². The fraction of sp³-hybridized carbons (Fsp3) is 0.600. The number of halogens is 3. The van der Waals surface area contributed by atoms with Gasteiger partial charge in [-0.05, 0) is 34.8 Å². The minimum Gasteiger partial charge on any atom is -0.148 e. The second kappa shape index (κ2) is 5.74. The first-order valence-electron chi connectivity index (χ1n) is 4.50. The van der Waals surface area contributed by atoms with Crippen molar-refractivity contribution in [2.24, 2.45) is 5.41 Å². The van der Waals surface area contributed by atoms with E-state index in [-0.39, 0.29) is 5.41 Å². The lowest BCUT2D eigenvalue weighted by atomic mass is 9.85. The summed E-state index contributed by atoms with van der Waals surface area (Å²) in [6.07, 6.45) is 2.00. The largest absolute Gasteiger partial charge is 0.148 e. The van der Waals surface area contributed by atoms with Crippen LogP contribution in [0.3, 0.4) is 0 Å². The summed E-state index contributed by atoms with van der Waals surface area (Å²) in [5, 5.41) is 2.10. The average molecular weight is 316 g/mol. The third-order valence-electron chi connectivity index (χ3n) is 2.49. The van der Waals surface area contributed by atoms with Crippen molar-refractivity contribution in [3.63, 3.8) is 0 Å². The van der Waals surface area contributed by atoms with Crippen LogP contribution in [0.4, 0.5) is 0 Å². The van der Waals surface area contributed by atoms with Crippen molar-refractivity contribution in [2.45, 2.75) is 19.8 Å². The molecular weight excluding hydrogens is 303 g/mol. The van der Waals surface area contributed by atoms with E-state index in [0.717, 1.165) is 17.3 Å². The molecule has 0 atom stereocenters. The van der Waals surface area contributed by atoms with E-state index >= 15 is 0 Å². The molecule has 0 unspecified atom stereocenters. The van der Waals surface area contributed by atoms with Gasteiger partial charge in [-0.15, -0.1) is 34.5 Å². The van der Waals surface area contributed by atoms with Gasteiger partial charge in [0.25, 0.3) is 0 Å². The monoisotopic (exact) mass is 314 g/mol. The number of rotatable bonds is 5. The van der Waals surface area contributed by atoms with Crippen molar-refractivity contribution < 1.29 is 0 Å². The third kappa shape index (κ3) is 3.13. The maximum Gasteiger partial charge on any atom is 0.0294 e. The molecule has 0 aliphatic heterocycles. The molecule has 1 rings (SSSR count). The smallest absolute Gasteiger partial charge is 0.0294 e. The molecular formula is C10H13BrCl2S. The summed E-state index contributed by atoms with van der Waals surface area (Å²) >= 11 is 17.2. The highest BCUT2D eigenvalue weighted by molar-refractivity contribution is 9.10. The second-order valence-electron chi connectivity index (χ2n) is 3.53. The molecule has 0 nitrogen and oxygen atoms in total. The molecule has 1 aromatic rings. The van der Waals surface area contributed by atoms with Crippen LogP contribution in [0.5, 0.6) is 0 Å². The SMILES string of the molecule is CCC(CCl)(CCl)Cc1cc(Br)cs1. The standard InChI is InChI=1S/C10H13BrCl2S/c1-2-10(6-12,7-13)4-9-3-8(11)5-14-9/h3,5H,2,4,6-7H2,1H3. The number of hydrogen-bond acceptors (Lipinski definition) is 1. The van der Waals surface area contributed by atoms with Crippen LogP contribution in [0.25, 0.3) is 0 Å². The van der Waals surface area contributed by atoms with E-state index in [1.807, 2.05) is 0 Å². The van der Waals surface area contributed by atoms with Crippen molar-refractivity contribution >= 4 is 50.5 Å². The zero-order valence-electron chi connectivity index (χ0n) is 8.03. The van der Waals surface area contributed by atoms with Crippen LogP contribution in [0.2, 0.25) is 0 Å². The van der Waals surface area contributed by atoms with Gasteiger partial charge >= 0.3 is 0 Å². The molecule has 0 fully saturated rings. The lowest BCUT2D eigenvalue weighted by Crippen LogP contribution is -2.26. The van der Waals surface area contributed by atoms with Gasteiger partial charge < -0.3 is 0 Å². The first-order valence-corrected chi connectivity index (χ1v) is 7.25. The zero-order valence-corrected chi connectivity index (χ0v) is 11.9. The van der Waals surface area contributed by atoms with E-state index in [1.54, 1.807) is 11.3 Å². The first kappa shape index (κ1) is 12.8. The molecule has 1 heterocycles. The second-order valence-corrected chi connectivity index (χ2v) is 5.97. The summed E-state index contributed by atoms with van der Waals surface area (Å²) in [7, 11) is 0. The molecule has 80 valence electrons. The summed E-state index contributed by atoms with van der Waals surface area (Å²) < 4.78 is 1.15. The highest BCUT2D eigenvalue weighted by atomic mass is 79.9. The summed E-state index contributed by atoms with van der Waals surface area (Å²) in [4.78, 5) is 1.35. The first-order chi connectivity index (χ1) is 6.65. The lowest BCUT2D eigenvalue weighted by Gasteiger charge is -2.27. The highest BCUT2D eigenvalue weighted by Gasteiger charge is 2.27. The minimum atomic E-state index is 0.0629. The van der Waals surface area contributed by atoms with E-state index in [9.17, 15) is 0 Å². The zero-order chi connectivity index (χ0) is 10.6. The predicted molar refractivity (Wildman–Crippen MR) is 69.9 cm³/mol. The Bertz CT molecular complexity index is 273. The predicted octanol–water partition coefficient (Wildman–Crippen LogP) is 4.93. The quantitative estimate of drug-likeness (QED) is 0.676. The van der Waals surface area contributed by atoms with E-state index < -0.39 is 0 Å². The molecule has 0 N–H and O–H groups in total. The van der Waals surface area contributed by atoms with Crippen LogP contribution >= 0.6 is 50.5 Å². The van der Waals surface area contributed by atoms with Gasteiger partial charge in [-0.2, -0.15) is 0 Å². The van der Waals surface area contributed by atoms with Crippen LogP contribution < -0.4 is 0 Å². The normalized spacial score (nSPS) is 12.0. The average Bonchev–Trinajstić information content (AvgIpc) is 2.61. The van der Waals surface area contributed by atoms with Crippen LogP contribution in [-0.2, 0) is 6.42 Å². The van der Waals surface area contributed by atoms with Gasteiger partial charge in [-0.3, -0.25) is 0 Å². The minimum absolute atomic E-state index is 0.0629. The molecule has 0 saturated heterocycles. The fourth-order valence-electron chi connectivity index (χ4n) is 1.26. The molecule has 0 saturated carbocycles. The summed E-state index contributed by atoms with van der Waals surface area (Å²) in [6.45, 7) is 2.15. The molecule has 0 aliphatic carbocycles. The van der Waals surface area contributed by atoms with E-state index in [0.29, 0.717) is 11.8 Å². The van der Waals surface area contributed by atoms with Gasteiger partial charge in [0, 0.05) is 31.9 Å². The molecule has 0 spiro atoms. The van der Waals surface area contributed by atoms with Gasteiger partial charge in [0.05, 0.1) is 0 Å². The molecule has 0 aliphatic rings. The van der Waals surface area contributed by atoms with Gasteiger partial charge in [0.15, 0.2) is 0 Å². The maximum absolute atomic E-state index is 5.99. The highest BCUT2D eigenvalue weighted by Crippen LogP contribution is 2.33. The Labute approximate surface area is 108 Å². The Morgan fingerprint density at radius 2 is 2.07 bits per heavy atom. The Balaban J connectivity index is 2.73. The topological polar surface area (TPSA) is 0 Å². The fourth-order valence-corrected chi connectivity index (χ4v) is 3.74. The number of thiophene rings is 1. The van der Waals surface area contributed by atoms with Crippen LogP contribution in [0.15, 0.2) is 15.9 Å². The number of hydrogen-bond donors (Lipinski definition) is 0. The van der Waals surface area contributed by atoms with Crippen LogP contribution in [-0.4, -0.2) is 11.8 Å². The van der Waals surface area contributed by atoms with E-state index in [1.165, 1.54) is 4.88 Å². The molecule has 4 heteroatoms. The van der Waals surface area contributed by atoms with Gasteiger partial charge in [-0.1, -0.05) is 6.92 Å². The Morgan fingerprint density at radius 3 is 2.43 bits per heavy atom. The Morgan fingerprint density at radius 1 is 1.43 bits per heavy atom. The summed E-state index contributed by atoms with van der Waals surface area (Å²) in [5.74, 6) is 1.25. The number of alkyl halides is 2. The third-order valence-corrected chi connectivity index (χ3v) is 5.32. The van der Waals surface area contributed by atoms with Crippen molar-refractivity contribution in [3.8, 4) is 0 Å². The molecule has 0 bridgehead atoms. The Hall–Kier alpha value is 0.760. The van der Waals surface area contributed by atoms with E-state index in [2.05, 4.69) is 34.3 Å². The van der Waals surface area contributed by atoms with E-state index in [4.69, 9.17) is 23.2 Å². The molecule has 0 radical (unpaired) electrons. The van der Waals surface area contributed by atoms with Gasteiger partial charge in [0.2, 0.25) is 0 Å². The van der Waals surface area contributed by atoms with Crippen molar-refractivity contribution in [2.75, 3.05) is 11.8 Å². The summed E-state index contributed by atoms with van der Waals surface area (Å²) in [5.41, 5.74) is 0.0629. The van der Waals surface area contributed by atoms with Gasteiger partial charge in [0.1, 0.15) is 0 Å². The maximum atomic E-state index is 5.99. The van der Waals surface area contributed by atoms with Crippen molar-refractivity contribution in [1.82, 2.24) is 0 Å². The van der Waals surface area contributed by atoms with Crippen LogP contribution in [0.1, 0.15) is 18.2 Å². The van der Waals surface area contributed by atoms with Crippen molar-refractivity contribution in [1.29, 1.82) is 0 Å². The lowest BCUT2D eigenvalue weighted by molar-refractivity contribution is 0.365. The molecule has 0 aromatic carbocycles. The summed E-state index contributed by atoms with van der Waals surface area (Å²) in [6, 6.07) is 2.15. The molecule has 1 aromatic heterocycles. The molecule has 0 amide bonds.